The third-order valence-electron chi connectivity index (χ3n) is 3.13. The van der Waals surface area contributed by atoms with E-state index in [1.807, 2.05) is 0 Å². The van der Waals surface area contributed by atoms with Gasteiger partial charge in [-0.1, -0.05) is 11.8 Å². The molecular weight excluding hydrogens is 298 g/mol. The van der Waals surface area contributed by atoms with Gasteiger partial charge in [0.15, 0.2) is 34.2 Å². The Morgan fingerprint density at radius 1 is 1.48 bits per heavy atom. The van der Waals surface area contributed by atoms with Gasteiger partial charge in [-0.2, -0.15) is 0 Å². The second-order valence-corrected chi connectivity index (χ2v) is 5.11. The van der Waals surface area contributed by atoms with Gasteiger partial charge in [0.05, 0.1) is 0 Å². The van der Waals surface area contributed by atoms with Crippen molar-refractivity contribution >= 4 is 28.7 Å². The summed E-state index contributed by atoms with van der Waals surface area (Å²) in [4.78, 5) is 12.5. The van der Waals surface area contributed by atoms with Gasteiger partial charge in [0, 0.05) is 0 Å². The van der Waals surface area contributed by atoms with Crippen LogP contribution in [0.5, 0.6) is 0 Å². The number of aliphatic hydroxyl groups excluding tert-OH is 3. The van der Waals surface area contributed by atoms with E-state index in [1.54, 1.807) is 6.26 Å². The first-order valence-electron chi connectivity index (χ1n) is 5.98. The van der Waals surface area contributed by atoms with Crippen LogP contribution in [0.2, 0.25) is 0 Å². The van der Waals surface area contributed by atoms with Gasteiger partial charge in [-0.05, 0) is 6.26 Å². The molecule has 1 aliphatic rings. The summed E-state index contributed by atoms with van der Waals surface area (Å²) in [5, 5.41) is 29.3. The minimum atomic E-state index is -1.32. The fourth-order valence-corrected chi connectivity index (χ4v) is 2.46. The van der Waals surface area contributed by atoms with E-state index >= 15 is 0 Å². The number of hydrogen-bond donors (Lipinski definition) is 4. The van der Waals surface area contributed by atoms with Crippen molar-refractivity contribution in [1.29, 1.82) is 0 Å². The van der Waals surface area contributed by atoms with Crippen molar-refractivity contribution in [2.75, 3.05) is 18.6 Å². The number of hydrogen-bond acceptors (Lipinski definition) is 9. The minimum Gasteiger partial charge on any atom is -0.506 e. The highest BCUT2D eigenvalue weighted by Crippen LogP contribution is 2.33. The third-order valence-corrected chi connectivity index (χ3v) is 3.67. The number of fused-ring (bicyclic) bond motifs is 1. The Balaban J connectivity index is 2.08. The number of thioether (sulfide) groups is 1. The highest BCUT2D eigenvalue weighted by Gasteiger charge is 2.37. The number of nitrogens with two attached hydrogens (primary N) is 1. The van der Waals surface area contributed by atoms with Crippen molar-refractivity contribution in [3.63, 3.8) is 0 Å². The largest absolute Gasteiger partial charge is 0.506 e. The van der Waals surface area contributed by atoms with Crippen LogP contribution < -0.4 is 5.73 Å². The zero-order chi connectivity index (χ0) is 15.1. The average molecular weight is 311 g/mol. The van der Waals surface area contributed by atoms with Crippen LogP contribution in [-0.2, 0) is 4.74 Å². The minimum absolute atomic E-state index is 0.0820. The summed E-state index contributed by atoms with van der Waals surface area (Å²) in [7, 11) is 0. The standard InChI is InChI=1S/C11H13N5O4S/c1-21-11-14-8(12)5-9(15-11)16(3-13-5)10-7(19)6(18)4(2-17)20-10/h3,7,10,17-19H,2H2,1H3,(H2,12,14,15)/t7?,10-/m1/s1. The Morgan fingerprint density at radius 2 is 2.24 bits per heavy atom. The second-order valence-electron chi connectivity index (χ2n) is 4.34. The number of rotatable bonds is 3. The topological polar surface area (TPSA) is 140 Å². The van der Waals surface area contributed by atoms with Gasteiger partial charge in [-0.3, -0.25) is 4.57 Å². The maximum atomic E-state index is 10.0. The van der Waals surface area contributed by atoms with Crippen LogP contribution in [0.4, 0.5) is 5.82 Å². The summed E-state index contributed by atoms with van der Waals surface area (Å²) in [6.45, 7) is -0.515. The number of nitrogens with zero attached hydrogens (tertiary/aromatic N) is 4. The van der Waals surface area contributed by atoms with Crippen LogP contribution in [0.1, 0.15) is 6.23 Å². The van der Waals surface area contributed by atoms with Gasteiger partial charge in [-0.25, -0.2) is 15.0 Å². The summed E-state index contributed by atoms with van der Waals surface area (Å²) in [6.07, 6.45) is 0.903. The molecule has 3 rings (SSSR count). The van der Waals surface area contributed by atoms with E-state index < -0.39 is 24.7 Å². The van der Waals surface area contributed by atoms with Crippen molar-refractivity contribution < 1.29 is 20.1 Å². The summed E-state index contributed by atoms with van der Waals surface area (Å²) < 4.78 is 6.79. The van der Waals surface area contributed by atoms with Crippen LogP contribution in [0.15, 0.2) is 23.0 Å². The second kappa shape index (κ2) is 5.06. The Kier molecular flexibility index (Phi) is 3.35. The molecule has 0 radical (unpaired) electrons. The van der Waals surface area contributed by atoms with Crippen molar-refractivity contribution in [2.45, 2.75) is 17.5 Å². The number of imidazole rings is 1. The fraction of sp³-hybridized carbons (Fsp3) is 0.364. The first-order valence-corrected chi connectivity index (χ1v) is 7.21. The summed E-state index contributed by atoms with van der Waals surface area (Å²) in [6, 6.07) is 0. The first kappa shape index (κ1) is 13.9. The highest BCUT2D eigenvalue weighted by molar-refractivity contribution is 7.98. The molecule has 0 spiro atoms. The predicted molar refractivity (Wildman–Crippen MR) is 74.4 cm³/mol. The quantitative estimate of drug-likeness (QED) is 0.447. The molecule has 0 aromatic carbocycles. The van der Waals surface area contributed by atoms with E-state index in [4.69, 9.17) is 15.6 Å². The Labute approximate surface area is 123 Å². The molecular formula is C11H13N5O4S. The van der Waals surface area contributed by atoms with Gasteiger partial charge in [0.25, 0.3) is 0 Å². The lowest BCUT2D eigenvalue weighted by Crippen LogP contribution is -2.22. The maximum absolute atomic E-state index is 10.0. The predicted octanol–water partition coefficient (Wildman–Crippen LogP) is -0.218. The molecule has 1 unspecified atom stereocenters. The number of aromatic nitrogens is 4. The fourth-order valence-electron chi connectivity index (χ4n) is 2.09. The number of nitrogen functional groups attached to an aromatic ring is 1. The molecule has 112 valence electrons. The van der Waals surface area contributed by atoms with Crippen LogP contribution in [0.3, 0.4) is 0 Å². The Morgan fingerprint density at radius 3 is 2.86 bits per heavy atom. The molecule has 2 aromatic heterocycles. The molecule has 2 aromatic rings. The zero-order valence-corrected chi connectivity index (χ0v) is 11.8. The van der Waals surface area contributed by atoms with E-state index in [0.29, 0.717) is 16.3 Å². The molecule has 0 amide bonds. The molecule has 0 bridgehead atoms. The summed E-state index contributed by atoms with van der Waals surface area (Å²) >= 11 is 1.31. The number of ether oxygens (including phenoxy) is 1. The number of anilines is 1. The van der Waals surface area contributed by atoms with Crippen molar-refractivity contribution in [1.82, 2.24) is 19.5 Å². The van der Waals surface area contributed by atoms with Crippen LogP contribution in [0, 0.1) is 0 Å². The monoisotopic (exact) mass is 311 g/mol. The first-order chi connectivity index (χ1) is 10.1. The average Bonchev–Trinajstić information content (AvgIpc) is 3.02. The molecule has 0 saturated carbocycles. The van der Waals surface area contributed by atoms with E-state index in [1.165, 1.54) is 22.7 Å². The van der Waals surface area contributed by atoms with E-state index in [0.717, 1.165) is 0 Å². The molecule has 10 heteroatoms. The zero-order valence-electron chi connectivity index (χ0n) is 11.0. The van der Waals surface area contributed by atoms with Gasteiger partial charge >= 0.3 is 0 Å². The Hall–Kier alpha value is -2.04. The van der Waals surface area contributed by atoms with Gasteiger partial charge in [-0.15, -0.1) is 0 Å². The van der Waals surface area contributed by atoms with Crippen LogP contribution in [-0.4, -0.2) is 53.8 Å². The van der Waals surface area contributed by atoms with Crippen LogP contribution >= 0.6 is 11.8 Å². The summed E-state index contributed by atoms with van der Waals surface area (Å²) in [5.41, 5.74) is 6.57. The van der Waals surface area contributed by atoms with E-state index in [9.17, 15) is 10.2 Å². The molecule has 0 saturated heterocycles. The lowest BCUT2D eigenvalue weighted by molar-refractivity contribution is -0.0120. The molecule has 9 nitrogen and oxygen atoms in total. The molecule has 21 heavy (non-hydrogen) atoms. The molecule has 0 fully saturated rings. The van der Waals surface area contributed by atoms with E-state index in [-0.39, 0.29) is 11.6 Å². The van der Waals surface area contributed by atoms with Crippen molar-refractivity contribution in [3.8, 4) is 0 Å². The van der Waals surface area contributed by atoms with Gasteiger partial charge in [0.2, 0.25) is 6.23 Å². The maximum Gasteiger partial charge on any atom is 0.211 e. The Bertz CT molecular complexity index is 731. The van der Waals surface area contributed by atoms with Gasteiger partial charge < -0.3 is 25.8 Å². The molecule has 5 N–H and O–H groups in total. The van der Waals surface area contributed by atoms with Crippen LogP contribution in [0.25, 0.3) is 11.2 Å². The lowest BCUT2D eigenvalue weighted by atomic mass is 10.2. The molecule has 2 atom stereocenters. The SMILES string of the molecule is CSc1nc(N)c2ncn([C@@H]3OC(CO)=C(O)C3O)c2n1. The van der Waals surface area contributed by atoms with Crippen molar-refractivity contribution in [3.05, 3.63) is 17.8 Å². The molecule has 3 heterocycles. The summed E-state index contributed by atoms with van der Waals surface area (Å²) in [5.74, 6) is -0.270. The van der Waals surface area contributed by atoms with Gasteiger partial charge in [0.1, 0.15) is 18.5 Å². The normalized spacial score (nSPS) is 22.0. The molecule has 1 aliphatic heterocycles. The smallest absolute Gasteiger partial charge is 0.211 e. The third kappa shape index (κ3) is 2.07. The number of aliphatic hydroxyl groups is 3. The lowest BCUT2D eigenvalue weighted by Gasteiger charge is -2.17. The highest BCUT2D eigenvalue weighted by atomic mass is 32.2. The van der Waals surface area contributed by atoms with Crippen molar-refractivity contribution in [2.24, 2.45) is 0 Å². The molecule has 0 aliphatic carbocycles. The van der Waals surface area contributed by atoms with E-state index in [2.05, 4.69) is 15.0 Å².